The van der Waals surface area contributed by atoms with Gasteiger partial charge in [-0.2, -0.15) is 26.3 Å². The van der Waals surface area contributed by atoms with Crippen molar-refractivity contribution in [3.8, 4) is 28.5 Å². The van der Waals surface area contributed by atoms with Crippen LogP contribution >= 0.6 is 0 Å². The fourth-order valence-electron chi connectivity index (χ4n) is 5.44. The van der Waals surface area contributed by atoms with E-state index in [0.29, 0.717) is 46.0 Å². The van der Waals surface area contributed by atoms with Crippen LogP contribution in [0.25, 0.3) is 22.2 Å². The molecular formula is C36H32F6N4O5. The van der Waals surface area contributed by atoms with E-state index < -0.39 is 36.0 Å². The Labute approximate surface area is 288 Å². The molecule has 2 aromatic heterocycles. The van der Waals surface area contributed by atoms with Crippen molar-refractivity contribution in [1.29, 1.82) is 0 Å². The highest BCUT2D eigenvalue weighted by molar-refractivity contribution is 5.87. The molecule has 0 saturated heterocycles. The molecular weight excluding hydrogens is 682 g/mol. The van der Waals surface area contributed by atoms with Crippen LogP contribution in [-0.4, -0.2) is 46.9 Å². The van der Waals surface area contributed by atoms with Crippen LogP contribution in [0, 0.1) is 6.92 Å². The first-order chi connectivity index (χ1) is 24.2. The first-order valence-electron chi connectivity index (χ1n) is 15.5. The molecule has 9 nitrogen and oxygen atoms in total. The summed E-state index contributed by atoms with van der Waals surface area (Å²) in [5.74, 6) is 0.0934. The van der Waals surface area contributed by atoms with E-state index in [2.05, 4.69) is 9.97 Å². The summed E-state index contributed by atoms with van der Waals surface area (Å²) in [4.78, 5) is 25.9. The van der Waals surface area contributed by atoms with E-state index in [1.807, 2.05) is 31.2 Å². The van der Waals surface area contributed by atoms with E-state index in [-0.39, 0.29) is 49.3 Å². The molecule has 0 atom stereocenters. The summed E-state index contributed by atoms with van der Waals surface area (Å²) in [6.07, 6.45) is -7.43. The number of methoxy groups -OCH3 is 2. The number of para-hydroxylation sites is 1. The number of hydrogen-bond acceptors (Lipinski definition) is 8. The highest BCUT2D eigenvalue weighted by atomic mass is 19.4. The zero-order valence-electron chi connectivity index (χ0n) is 27.6. The second-order valence-electron chi connectivity index (χ2n) is 11.5. The van der Waals surface area contributed by atoms with Gasteiger partial charge in [-0.15, -0.1) is 0 Å². The van der Waals surface area contributed by atoms with Gasteiger partial charge in [0.25, 0.3) is 0 Å². The molecule has 0 aliphatic heterocycles. The van der Waals surface area contributed by atoms with Crippen molar-refractivity contribution in [1.82, 2.24) is 15.0 Å². The molecule has 0 amide bonds. The summed E-state index contributed by atoms with van der Waals surface area (Å²) in [5, 5.41) is 9.60. The summed E-state index contributed by atoms with van der Waals surface area (Å²) >= 11 is 0. The first-order valence-corrected chi connectivity index (χ1v) is 15.5. The molecule has 0 aliphatic rings. The zero-order chi connectivity index (χ0) is 36.9. The number of rotatable bonds is 13. The maximum atomic E-state index is 13.8. The molecule has 0 radical (unpaired) electrons. The zero-order valence-corrected chi connectivity index (χ0v) is 27.6. The standard InChI is InChI=1S/C36H32F6N4O5/c1-21-6-4-7-23-14-24(33(45-32(21)23)29-16-27(49-2)9-10-30(29)50-3)20-46(34-43-17-28(18-44-34)51-11-5-8-31(47)48)19-22-12-25(35(37,38)39)15-26(13-22)36(40,41)42/h4,6-7,9-10,12-18H,5,8,11,19-20H2,1-3H3,(H,47,48). The Hall–Kier alpha value is -5.60. The van der Waals surface area contributed by atoms with Crippen molar-refractivity contribution >= 4 is 22.8 Å². The van der Waals surface area contributed by atoms with Gasteiger partial charge in [0.05, 0.1) is 55.6 Å². The average Bonchev–Trinajstić information content (AvgIpc) is 3.09. The number of carboxylic acids is 1. The lowest BCUT2D eigenvalue weighted by molar-refractivity contribution is -0.143. The first kappa shape index (κ1) is 36.7. The minimum atomic E-state index is -5.05. The van der Waals surface area contributed by atoms with E-state index in [4.69, 9.17) is 24.3 Å². The van der Waals surface area contributed by atoms with Crippen LogP contribution < -0.4 is 19.1 Å². The highest BCUT2D eigenvalue weighted by Crippen LogP contribution is 2.39. The fourth-order valence-corrected chi connectivity index (χ4v) is 5.44. The normalized spacial score (nSPS) is 11.8. The van der Waals surface area contributed by atoms with Crippen LogP contribution in [0.4, 0.5) is 32.3 Å². The van der Waals surface area contributed by atoms with Gasteiger partial charge in [-0.3, -0.25) is 4.79 Å². The number of carbonyl (C=O) groups is 1. The van der Waals surface area contributed by atoms with Crippen molar-refractivity contribution in [2.45, 2.75) is 45.2 Å². The molecule has 0 bridgehead atoms. The van der Waals surface area contributed by atoms with Crippen LogP contribution in [0.3, 0.4) is 0 Å². The molecule has 0 fully saturated rings. The van der Waals surface area contributed by atoms with Gasteiger partial charge in [-0.05, 0) is 72.5 Å². The number of carboxylic acid groups (broad SMARTS) is 1. The van der Waals surface area contributed by atoms with Gasteiger partial charge < -0.3 is 24.2 Å². The summed E-state index contributed by atoms with van der Waals surface area (Å²) in [7, 11) is 2.97. The SMILES string of the molecule is COc1ccc(OC)c(-c2nc3c(C)cccc3cc2CN(Cc2cc(C(F)(F)F)cc(C(F)(F)F)c2)c2ncc(OCCCC(=O)O)cn2)c1. The number of aromatic nitrogens is 3. The summed E-state index contributed by atoms with van der Waals surface area (Å²) in [6, 6.07) is 13.9. The van der Waals surface area contributed by atoms with Crippen LogP contribution in [0.1, 0.15) is 40.7 Å². The topological polar surface area (TPSA) is 107 Å². The number of pyridine rings is 1. The summed E-state index contributed by atoms with van der Waals surface area (Å²) in [6.45, 7) is 1.35. The number of aliphatic carboxylic acids is 1. The number of halogens is 6. The van der Waals surface area contributed by atoms with Crippen LogP contribution in [-0.2, 0) is 30.2 Å². The van der Waals surface area contributed by atoms with Gasteiger partial charge in [-0.25, -0.2) is 15.0 Å². The molecule has 3 aromatic carbocycles. The smallest absolute Gasteiger partial charge is 0.416 e. The van der Waals surface area contributed by atoms with Crippen LogP contribution in [0.15, 0.2) is 73.1 Å². The maximum Gasteiger partial charge on any atom is 0.416 e. The number of fused-ring (bicyclic) bond motifs is 1. The van der Waals surface area contributed by atoms with Gasteiger partial charge in [-0.1, -0.05) is 18.2 Å². The Morgan fingerprint density at radius 2 is 1.53 bits per heavy atom. The van der Waals surface area contributed by atoms with Crippen molar-refractivity contribution < 1.29 is 50.5 Å². The van der Waals surface area contributed by atoms with E-state index >= 15 is 0 Å². The van der Waals surface area contributed by atoms with Crippen molar-refractivity contribution in [3.63, 3.8) is 0 Å². The van der Waals surface area contributed by atoms with Gasteiger partial charge in [0.15, 0.2) is 5.75 Å². The number of alkyl halides is 6. The van der Waals surface area contributed by atoms with E-state index in [9.17, 15) is 31.1 Å². The second-order valence-corrected chi connectivity index (χ2v) is 11.5. The van der Waals surface area contributed by atoms with Gasteiger partial charge in [0.2, 0.25) is 5.95 Å². The van der Waals surface area contributed by atoms with Crippen molar-refractivity contribution in [2.75, 3.05) is 25.7 Å². The maximum absolute atomic E-state index is 13.8. The van der Waals surface area contributed by atoms with E-state index in [1.54, 1.807) is 18.2 Å². The Kier molecular flexibility index (Phi) is 10.9. The predicted molar refractivity (Wildman–Crippen MR) is 176 cm³/mol. The number of ether oxygens (including phenoxy) is 3. The minimum absolute atomic E-state index is 0.0354. The molecule has 268 valence electrons. The summed E-state index contributed by atoms with van der Waals surface area (Å²) < 4.78 is 99.6. The van der Waals surface area contributed by atoms with Crippen molar-refractivity contribution in [2.24, 2.45) is 0 Å². The lowest BCUT2D eigenvalue weighted by atomic mass is 10.00. The van der Waals surface area contributed by atoms with E-state index in [1.165, 1.54) is 31.5 Å². The Bertz CT molecular complexity index is 1990. The molecule has 0 aliphatic carbocycles. The van der Waals surface area contributed by atoms with E-state index in [0.717, 1.165) is 10.9 Å². The Morgan fingerprint density at radius 3 is 2.14 bits per heavy atom. The molecule has 2 heterocycles. The molecule has 0 unspecified atom stereocenters. The van der Waals surface area contributed by atoms with Gasteiger partial charge >= 0.3 is 18.3 Å². The molecule has 0 spiro atoms. The lowest BCUT2D eigenvalue weighted by Gasteiger charge is -2.26. The molecule has 51 heavy (non-hydrogen) atoms. The lowest BCUT2D eigenvalue weighted by Crippen LogP contribution is -2.25. The Balaban J connectivity index is 1.64. The third-order valence-electron chi connectivity index (χ3n) is 7.87. The highest BCUT2D eigenvalue weighted by Gasteiger charge is 2.37. The van der Waals surface area contributed by atoms with Crippen molar-refractivity contribution in [3.05, 3.63) is 101 Å². The number of aryl methyl sites for hydroxylation is 1. The third-order valence-corrected chi connectivity index (χ3v) is 7.87. The third kappa shape index (κ3) is 8.96. The largest absolute Gasteiger partial charge is 0.497 e. The quantitative estimate of drug-likeness (QED) is 0.0949. The number of anilines is 1. The Morgan fingerprint density at radius 1 is 0.843 bits per heavy atom. The van der Waals surface area contributed by atoms with Gasteiger partial charge in [0.1, 0.15) is 11.5 Å². The molecule has 5 aromatic rings. The van der Waals surface area contributed by atoms with Gasteiger partial charge in [0, 0.05) is 30.5 Å². The number of hydrogen-bond donors (Lipinski definition) is 1. The number of benzene rings is 3. The molecule has 15 heteroatoms. The monoisotopic (exact) mass is 714 g/mol. The van der Waals surface area contributed by atoms with Crippen LogP contribution in [0.5, 0.6) is 17.2 Å². The summed E-state index contributed by atoms with van der Waals surface area (Å²) in [5.41, 5.74) is -0.186. The average molecular weight is 715 g/mol. The van der Waals surface area contributed by atoms with Crippen LogP contribution in [0.2, 0.25) is 0 Å². The molecule has 0 saturated carbocycles. The molecule has 1 N–H and O–H groups in total. The minimum Gasteiger partial charge on any atom is -0.497 e. The predicted octanol–water partition coefficient (Wildman–Crippen LogP) is 8.51. The second kappa shape index (κ2) is 15.1. The fraction of sp³-hybridized carbons (Fsp3) is 0.278. The molecule has 5 rings (SSSR count). The number of nitrogens with zero attached hydrogens (tertiary/aromatic N) is 4.